The number of para-hydroxylation sites is 2. The van der Waals surface area contributed by atoms with Gasteiger partial charge >= 0.3 is 0 Å². The number of benzene rings is 2. The van der Waals surface area contributed by atoms with Crippen LogP contribution in [0, 0.1) is 0 Å². The monoisotopic (exact) mass is 439 g/mol. The van der Waals surface area contributed by atoms with Crippen molar-refractivity contribution in [3.8, 4) is 0 Å². The van der Waals surface area contributed by atoms with Crippen molar-refractivity contribution in [2.45, 2.75) is 44.3 Å². The van der Waals surface area contributed by atoms with E-state index in [1.54, 1.807) is 0 Å². The van der Waals surface area contributed by atoms with Crippen LogP contribution in [0.1, 0.15) is 36.3 Å². The summed E-state index contributed by atoms with van der Waals surface area (Å²) in [5.41, 5.74) is 6.59. The Morgan fingerprint density at radius 1 is 1.16 bits per heavy atom. The number of β-lactam (4-membered cyclic amide) rings is 1. The van der Waals surface area contributed by atoms with E-state index in [1.165, 1.54) is 10.6 Å². The molecule has 1 aromatic heterocycles. The molecular weight excluding hydrogens is 414 g/mol. The van der Waals surface area contributed by atoms with Crippen LogP contribution in [0.25, 0.3) is 11.0 Å². The van der Waals surface area contributed by atoms with Crippen molar-refractivity contribution < 1.29 is 9.59 Å². The van der Waals surface area contributed by atoms with Gasteiger partial charge in [-0.1, -0.05) is 49.7 Å². The largest absolute Gasteiger partial charge is 0.317 e. The van der Waals surface area contributed by atoms with Crippen LogP contribution in [-0.2, 0) is 29.1 Å². The fourth-order valence-corrected chi connectivity index (χ4v) is 4.34. The molecule has 0 saturated carbocycles. The Morgan fingerprint density at radius 3 is 2.61 bits per heavy atom. The summed E-state index contributed by atoms with van der Waals surface area (Å²) in [5, 5.41) is 3.73. The Balaban J connectivity index is 1.51. The van der Waals surface area contributed by atoms with Gasteiger partial charge < -0.3 is 9.88 Å². The van der Waals surface area contributed by atoms with Gasteiger partial charge in [0.05, 0.1) is 17.6 Å². The number of nitrogens with one attached hydrogen (secondary N) is 2. The summed E-state index contributed by atoms with van der Waals surface area (Å²) in [7, 11) is 1.83. The summed E-state index contributed by atoms with van der Waals surface area (Å²) < 4.78 is 1.86. The van der Waals surface area contributed by atoms with Gasteiger partial charge in [0.2, 0.25) is 0 Å². The SMILES string of the molecule is CCCc1ccc([C@@H]2[C@H](Cl)C(=O)N2NC(=O)Cn2c(CNC)nc3ccccc32)cc1. The normalized spacial score (nSPS) is 18.3. The summed E-state index contributed by atoms with van der Waals surface area (Å²) in [5.74, 6) is 0.153. The number of aromatic nitrogens is 2. The van der Waals surface area contributed by atoms with E-state index in [2.05, 4.69) is 22.7 Å². The minimum absolute atomic E-state index is 0.0520. The van der Waals surface area contributed by atoms with Gasteiger partial charge in [0.25, 0.3) is 11.8 Å². The summed E-state index contributed by atoms with van der Waals surface area (Å²) in [6.07, 6.45) is 2.07. The fraction of sp³-hybridized carbons (Fsp3) is 0.348. The van der Waals surface area contributed by atoms with Crippen molar-refractivity contribution in [3.63, 3.8) is 0 Å². The quantitative estimate of drug-likeness (QED) is 0.418. The number of carbonyl (C=O) groups excluding carboxylic acids is 2. The number of halogens is 1. The second kappa shape index (κ2) is 9.08. The van der Waals surface area contributed by atoms with Gasteiger partial charge in [0.15, 0.2) is 0 Å². The van der Waals surface area contributed by atoms with Crippen LogP contribution < -0.4 is 10.7 Å². The van der Waals surface area contributed by atoms with E-state index in [4.69, 9.17) is 11.6 Å². The van der Waals surface area contributed by atoms with Gasteiger partial charge in [0, 0.05) is 0 Å². The highest BCUT2D eigenvalue weighted by Crippen LogP contribution is 2.37. The minimum Gasteiger partial charge on any atom is -0.317 e. The molecule has 1 fully saturated rings. The zero-order valence-electron chi connectivity index (χ0n) is 17.6. The Morgan fingerprint density at radius 2 is 1.90 bits per heavy atom. The van der Waals surface area contributed by atoms with E-state index < -0.39 is 5.38 Å². The second-order valence-electron chi connectivity index (χ2n) is 7.71. The van der Waals surface area contributed by atoms with Gasteiger partial charge in [-0.15, -0.1) is 11.6 Å². The molecular formula is C23H26ClN5O2. The molecule has 0 bridgehead atoms. The number of imidazole rings is 1. The van der Waals surface area contributed by atoms with Crippen LogP contribution in [0.2, 0.25) is 0 Å². The minimum atomic E-state index is -0.689. The number of hydrogen-bond donors (Lipinski definition) is 2. The molecule has 8 heteroatoms. The average molecular weight is 440 g/mol. The van der Waals surface area contributed by atoms with E-state index >= 15 is 0 Å². The van der Waals surface area contributed by atoms with Crippen molar-refractivity contribution in [1.29, 1.82) is 0 Å². The van der Waals surface area contributed by atoms with Crippen molar-refractivity contribution in [2.75, 3.05) is 7.05 Å². The Labute approximate surface area is 186 Å². The lowest BCUT2D eigenvalue weighted by Gasteiger charge is -2.44. The van der Waals surface area contributed by atoms with Crippen LogP contribution in [0.3, 0.4) is 0 Å². The topological polar surface area (TPSA) is 79.3 Å². The molecule has 7 nitrogen and oxygen atoms in total. The molecule has 1 saturated heterocycles. The maximum atomic E-state index is 12.9. The zero-order valence-corrected chi connectivity index (χ0v) is 18.4. The molecule has 1 aliphatic heterocycles. The molecule has 1 aliphatic rings. The number of fused-ring (bicyclic) bond motifs is 1. The Kier molecular flexibility index (Phi) is 6.25. The summed E-state index contributed by atoms with van der Waals surface area (Å²) in [6.45, 7) is 2.72. The van der Waals surface area contributed by atoms with Gasteiger partial charge in [-0.2, -0.15) is 0 Å². The third-order valence-electron chi connectivity index (χ3n) is 5.50. The number of carbonyl (C=O) groups is 2. The molecule has 0 aliphatic carbocycles. The maximum Gasteiger partial charge on any atom is 0.262 e. The first kappa shape index (κ1) is 21.3. The number of nitrogens with zero attached hydrogens (tertiary/aromatic N) is 3. The summed E-state index contributed by atoms with van der Waals surface area (Å²) in [6, 6.07) is 15.3. The first-order valence-electron chi connectivity index (χ1n) is 10.5. The predicted octanol–water partition coefficient (Wildman–Crippen LogP) is 2.93. The molecule has 2 aromatic carbocycles. The van der Waals surface area contributed by atoms with Gasteiger partial charge in [-0.3, -0.25) is 15.0 Å². The molecule has 0 spiro atoms. The lowest BCUT2D eigenvalue weighted by Crippen LogP contribution is -2.63. The maximum absolute atomic E-state index is 12.9. The number of alkyl halides is 1. The van der Waals surface area contributed by atoms with Gasteiger partial charge in [0.1, 0.15) is 23.8 Å². The van der Waals surface area contributed by atoms with Crippen LogP contribution in [-0.4, -0.2) is 38.8 Å². The van der Waals surface area contributed by atoms with Crippen molar-refractivity contribution in [1.82, 2.24) is 25.3 Å². The second-order valence-corrected chi connectivity index (χ2v) is 8.18. The highest BCUT2D eigenvalue weighted by molar-refractivity contribution is 6.33. The van der Waals surface area contributed by atoms with E-state index in [0.29, 0.717) is 6.54 Å². The molecule has 2 atom stereocenters. The highest BCUT2D eigenvalue weighted by atomic mass is 35.5. The van der Waals surface area contributed by atoms with Crippen LogP contribution in [0.4, 0.5) is 0 Å². The summed E-state index contributed by atoms with van der Waals surface area (Å²) in [4.78, 5) is 29.9. The predicted molar refractivity (Wildman–Crippen MR) is 120 cm³/mol. The molecule has 0 unspecified atom stereocenters. The number of hydrazine groups is 1. The van der Waals surface area contributed by atoms with E-state index in [9.17, 15) is 9.59 Å². The van der Waals surface area contributed by atoms with E-state index in [0.717, 1.165) is 35.3 Å². The fourth-order valence-electron chi connectivity index (χ4n) is 3.97. The van der Waals surface area contributed by atoms with E-state index in [-0.39, 0.29) is 24.4 Å². The standard InChI is InChI=1S/C23H26ClN5O2/c1-3-6-15-9-11-16(12-10-15)22-21(24)23(31)29(22)27-20(30)14-28-18-8-5-4-7-17(18)26-19(28)13-25-2/h4-5,7-12,21-22,25H,3,6,13-14H2,1-2H3,(H,27,30)/t21-,22+/m0/s1. The number of rotatable bonds is 8. The highest BCUT2D eigenvalue weighted by Gasteiger charge is 2.48. The molecule has 31 heavy (non-hydrogen) atoms. The molecule has 0 radical (unpaired) electrons. The smallest absolute Gasteiger partial charge is 0.262 e. The lowest BCUT2D eigenvalue weighted by molar-refractivity contribution is -0.156. The van der Waals surface area contributed by atoms with Gasteiger partial charge in [-0.05, 0) is 36.7 Å². The van der Waals surface area contributed by atoms with Crippen molar-refractivity contribution >= 4 is 34.4 Å². The summed E-state index contributed by atoms with van der Waals surface area (Å²) >= 11 is 6.30. The lowest BCUT2D eigenvalue weighted by atomic mass is 9.94. The molecule has 2 heterocycles. The first-order chi connectivity index (χ1) is 15.0. The molecule has 2 N–H and O–H groups in total. The third kappa shape index (κ3) is 4.16. The molecule has 162 valence electrons. The first-order valence-corrected chi connectivity index (χ1v) is 10.9. The van der Waals surface area contributed by atoms with Crippen LogP contribution in [0.15, 0.2) is 48.5 Å². The molecule has 4 rings (SSSR count). The van der Waals surface area contributed by atoms with Crippen molar-refractivity contribution in [3.05, 3.63) is 65.5 Å². The molecule has 2 amide bonds. The van der Waals surface area contributed by atoms with Crippen molar-refractivity contribution in [2.24, 2.45) is 0 Å². The van der Waals surface area contributed by atoms with Crippen LogP contribution >= 0.6 is 11.6 Å². The van der Waals surface area contributed by atoms with Gasteiger partial charge in [-0.25, -0.2) is 9.99 Å². The average Bonchev–Trinajstić information content (AvgIpc) is 3.11. The molecule has 3 aromatic rings. The Bertz CT molecular complexity index is 1100. The number of hydrogen-bond acceptors (Lipinski definition) is 4. The van der Waals surface area contributed by atoms with Crippen LogP contribution in [0.5, 0.6) is 0 Å². The Hall–Kier alpha value is -2.90. The van der Waals surface area contributed by atoms with E-state index in [1.807, 2.05) is 60.1 Å². The number of aryl methyl sites for hydroxylation is 1. The number of amides is 2. The third-order valence-corrected chi connectivity index (χ3v) is 5.93. The zero-order chi connectivity index (χ0) is 22.0.